The largest absolute Gasteiger partial charge is 0.256 e. The van der Waals surface area contributed by atoms with Crippen molar-refractivity contribution in [2.75, 3.05) is 0 Å². The topological polar surface area (TPSA) is 12.9 Å². The van der Waals surface area contributed by atoms with E-state index in [2.05, 4.69) is 4.98 Å². The Kier molecular flexibility index (Phi) is 3.07. The Morgan fingerprint density at radius 3 is 2.32 bits per heavy atom. The van der Waals surface area contributed by atoms with Crippen LogP contribution in [0.25, 0.3) is 22.4 Å². The van der Waals surface area contributed by atoms with E-state index in [1.165, 1.54) is 12.1 Å². The third-order valence-corrected chi connectivity index (χ3v) is 2.99. The van der Waals surface area contributed by atoms with Gasteiger partial charge in [0.15, 0.2) is 0 Å². The second-order valence-corrected chi connectivity index (χ2v) is 4.28. The molecule has 0 aliphatic carbocycles. The van der Waals surface area contributed by atoms with Gasteiger partial charge in [-0.25, -0.2) is 4.39 Å². The van der Waals surface area contributed by atoms with Crippen LogP contribution >= 0.6 is 0 Å². The Labute approximate surface area is 111 Å². The first-order valence-electron chi connectivity index (χ1n) is 6.11. The lowest BCUT2D eigenvalue weighted by Gasteiger charge is -2.08. The van der Waals surface area contributed by atoms with Gasteiger partial charge in [0.2, 0.25) is 0 Å². The smallest absolute Gasteiger partial charge is 0.123 e. The lowest BCUT2D eigenvalue weighted by Crippen LogP contribution is -1.89. The number of pyridine rings is 1. The fourth-order valence-electron chi connectivity index (χ4n) is 2.12. The molecule has 19 heavy (non-hydrogen) atoms. The van der Waals surface area contributed by atoms with Crippen LogP contribution in [-0.4, -0.2) is 4.98 Å². The fourth-order valence-corrected chi connectivity index (χ4v) is 2.12. The van der Waals surface area contributed by atoms with Gasteiger partial charge >= 0.3 is 0 Å². The number of aromatic nitrogens is 1. The average Bonchev–Trinajstić information content (AvgIpc) is 2.48. The minimum absolute atomic E-state index is 0.248. The second-order valence-electron chi connectivity index (χ2n) is 4.28. The van der Waals surface area contributed by atoms with Gasteiger partial charge in [0.25, 0.3) is 0 Å². The van der Waals surface area contributed by atoms with Crippen molar-refractivity contribution in [1.82, 2.24) is 4.98 Å². The predicted octanol–water partition coefficient (Wildman–Crippen LogP) is 4.55. The van der Waals surface area contributed by atoms with Crippen molar-refractivity contribution >= 4 is 0 Å². The van der Waals surface area contributed by atoms with E-state index in [4.69, 9.17) is 0 Å². The highest BCUT2D eigenvalue weighted by atomic mass is 19.1. The first kappa shape index (κ1) is 11.6. The number of hydrogen-bond donors (Lipinski definition) is 0. The molecule has 0 saturated carbocycles. The van der Waals surface area contributed by atoms with Crippen molar-refractivity contribution in [2.45, 2.75) is 0 Å². The standard InChI is InChI=1S/C17H12FN/c18-15-9-4-8-14(12-15)17-16(10-5-11-19-17)13-6-2-1-3-7-13/h1-12H. The molecule has 1 aromatic heterocycles. The maximum atomic E-state index is 13.4. The van der Waals surface area contributed by atoms with Crippen molar-refractivity contribution in [1.29, 1.82) is 0 Å². The quantitative estimate of drug-likeness (QED) is 0.649. The molecule has 1 nitrogen and oxygen atoms in total. The van der Waals surface area contributed by atoms with Gasteiger partial charge in [-0.3, -0.25) is 4.98 Å². The molecule has 0 N–H and O–H groups in total. The number of halogens is 1. The number of rotatable bonds is 2. The summed E-state index contributed by atoms with van der Waals surface area (Å²) < 4.78 is 13.4. The number of hydrogen-bond acceptors (Lipinski definition) is 1. The molecule has 0 aliphatic heterocycles. The number of benzene rings is 2. The average molecular weight is 249 g/mol. The van der Waals surface area contributed by atoms with Crippen molar-refractivity contribution in [2.24, 2.45) is 0 Å². The van der Waals surface area contributed by atoms with E-state index in [0.717, 1.165) is 22.4 Å². The Morgan fingerprint density at radius 2 is 1.53 bits per heavy atom. The highest BCUT2D eigenvalue weighted by Gasteiger charge is 2.08. The van der Waals surface area contributed by atoms with Crippen molar-refractivity contribution in [3.63, 3.8) is 0 Å². The summed E-state index contributed by atoms with van der Waals surface area (Å²) in [6, 6.07) is 20.4. The Hall–Kier alpha value is -2.48. The van der Waals surface area contributed by atoms with Gasteiger partial charge in [-0.1, -0.05) is 48.5 Å². The SMILES string of the molecule is Fc1cccc(-c2ncccc2-c2ccccc2)c1. The van der Waals surface area contributed by atoms with Crippen LogP contribution in [-0.2, 0) is 0 Å². The zero-order valence-corrected chi connectivity index (χ0v) is 10.3. The van der Waals surface area contributed by atoms with Gasteiger partial charge in [-0.15, -0.1) is 0 Å². The summed E-state index contributed by atoms with van der Waals surface area (Å²) in [5, 5.41) is 0. The van der Waals surface area contributed by atoms with Gasteiger partial charge in [0.05, 0.1) is 5.69 Å². The molecule has 3 rings (SSSR count). The van der Waals surface area contributed by atoms with E-state index in [1.54, 1.807) is 12.3 Å². The van der Waals surface area contributed by atoms with Crippen LogP contribution in [0, 0.1) is 5.82 Å². The molecule has 0 spiro atoms. The van der Waals surface area contributed by atoms with Crippen LogP contribution in [0.5, 0.6) is 0 Å². The van der Waals surface area contributed by atoms with E-state index in [0.29, 0.717) is 0 Å². The molecule has 2 aromatic carbocycles. The highest BCUT2D eigenvalue weighted by Crippen LogP contribution is 2.29. The highest BCUT2D eigenvalue weighted by molar-refractivity contribution is 5.80. The van der Waals surface area contributed by atoms with Crippen LogP contribution in [0.4, 0.5) is 4.39 Å². The van der Waals surface area contributed by atoms with Crippen molar-refractivity contribution < 1.29 is 4.39 Å². The van der Waals surface area contributed by atoms with E-state index in [1.807, 2.05) is 48.5 Å². The van der Waals surface area contributed by atoms with E-state index in [-0.39, 0.29) is 5.82 Å². The Bertz CT molecular complexity index is 692. The predicted molar refractivity (Wildman–Crippen MR) is 75.1 cm³/mol. The van der Waals surface area contributed by atoms with E-state index >= 15 is 0 Å². The molecule has 0 fully saturated rings. The Morgan fingerprint density at radius 1 is 0.737 bits per heavy atom. The molecule has 1 heterocycles. The maximum absolute atomic E-state index is 13.4. The summed E-state index contributed by atoms with van der Waals surface area (Å²) in [4.78, 5) is 4.40. The van der Waals surface area contributed by atoms with Gasteiger partial charge in [0, 0.05) is 17.3 Å². The van der Waals surface area contributed by atoms with Crippen LogP contribution in [0.3, 0.4) is 0 Å². The third kappa shape index (κ3) is 2.38. The molecule has 0 unspecified atom stereocenters. The summed E-state index contributed by atoms with van der Waals surface area (Å²) >= 11 is 0. The normalized spacial score (nSPS) is 10.4. The molecular weight excluding hydrogens is 237 g/mol. The minimum Gasteiger partial charge on any atom is -0.256 e. The molecule has 0 radical (unpaired) electrons. The van der Waals surface area contributed by atoms with Crippen LogP contribution in [0.1, 0.15) is 0 Å². The lowest BCUT2D eigenvalue weighted by atomic mass is 9.99. The molecule has 0 amide bonds. The van der Waals surface area contributed by atoms with Crippen LogP contribution < -0.4 is 0 Å². The van der Waals surface area contributed by atoms with Gasteiger partial charge in [0.1, 0.15) is 5.82 Å². The summed E-state index contributed by atoms with van der Waals surface area (Å²) in [6.07, 6.45) is 1.73. The molecule has 0 aliphatic rings. The number of nitrogens with zero attached hydrogens (tertiary/aromatic N) is 1. The van der Waals surface area contributed by atoms with Crippen molar-refractivity contribution in [3.05, 3.63) is 78.7 Å². The van der Waals surface area contributed by atoms with Gasteiger partial charge < -0.3 is 0 Å². The molecule has 0 bridgehead atoms. The van der Waals surface area contributed by atoms with E-state index in [9.17, 15) is 4.39 Å². The summed E-state index contributed by atoms with van der Waals surface area (Å²) in [6.45, 7) is 0. The molecule has 0 saturated heterocycles. The minimum atomic E-state index is -0.248. The van der Waals surface area contributed by atoms with Gasteiger partial charge in [-0.2, -0.15) is 0 Å². The van der Waals surface area contributed by atoms with Crippen LogP contribution in [0.2, 0.25) is 0 Å². The lowest BCUT2D eigenvalue weighted by molar-refractivity contribution is 0.628. The molecule has 3 aromatic rings. The molecule has 2 heteroatoms. The molecular formula is C17H12FN. The second kappa shape index (κ2) is 5.02. The zero-order chi connectivity index (χ0) is 13.1. The summed E-state index contributed by atoms with van der Waals surface area (Å²) in [7, 11) is 0. The first-order chi connectivity index (χ1) is 9.34. The molecule has 92 valence electrons. The van der Waals surface area contributed by atoms with Gasteiger partial charge in [-0.05, 0) is 23.8 Å². The summed E-state index contributed by atoms with van der Waals surface area (Å²) in [5.41, 5.74) is 3.68. The zero-order valence-electron chi connectivity index (χ0n) is 10.3. The first-order valence-corrected chi connectivity index (χ1v) is 6.11. The summed E-state index contributed by atoms with van der Waals surface area (Å²) in [5.74, 6) is -0.248. The molecule has 0 atom stereocenters. The van der Waals surface area contributed by atoms with Crippen LogP contribution in [0.15, 0.2) is 72.9 Å². The van der Waals surface area contributed by atoms with E-state index < -0.39 is 0 Å². The maximum Gasteiger partial charge on any atom is 0.123 e. The monoisotopic (exact) mass is 249 g/mol. The fraction of sp³-hybridized carbons (Fsp3) is 0. The third-order valence-electron chi connectivity index (χ3n) is 2.99. The Balaban J connectivity index is 2.18. The van der Waals surface area contributed by atoms with Crippen molar-refractivity contribution in [3.8, 4) is 22.4 Å².